The molecule has 1 unspecified atom stereocenters. The van der Waals surface area contributed by atoms with Crippen molar-refractivity contribution in [3.8, 4) is 0 Å². The van der Waals surface area contributed by atoms with Crippen LogP contribution in [0.25, 0.3) is 5.57 Å². The van der Waals surface area contributed by atoms with Crippen molar-refractivity contribution < 1.29 is 23.4 Å². The fourth-order valence-electron chi connectivity index (χ4n) is 5.05. The van der Waals surface area contributed by atoms with E-state index in [4.69, 9.17) is 19.9 Å². The highest BCUT2D eigenvalue weighted by atomic mass is 19.1. The zero-order valence-electron chi connectivity index (χ0n) is 22.5. The normalized spacial score (nSPS) is 22.2. The summed E-state index contributed by atoms with van der Waals surface area (Å²) in [5.41, 5.74) is 9.25. The van der Waals surface area contributed by atoms with Gasteiger partial charge in [-0.3, -0.25) is 4.90 Å². The lowest BCUT2D eigenvalue weighted by Crippen LogP contribution is -2.43. The minimum Gasteiger partial charge on any atom is -0.494 e. The number of nitrogen functional groups attached to an aromatic ring is 1. The van der Waals surface area contributed by atoms with Crippen LogP contribution in [-0.4, -0.2) is 73.0 Å². The van der Waals surface area contributed by atoms with E-state index in [2.05, 4.69) is 17.6 Å². The quantitative estimate of drug-likeness (QED) is 0.448. The number of aryl methyl sites for hydroxylation is 1. The van der Waals surface area contributed by atoms with Gasteiger partial charge in [-0.25, -0.2) is 9.18 Å². The minimum atomic E-state index is -0.516. The van der Waals surface area contributed by atoms with Gasteiger partial charge in [0, 0.05) is 45.4 Å². The Kier molecular flexibility index (Phi) is 8.29. The van der Waals surface area contributed by atoms with Crippen molar-refractivity contribution in [3.05, 3.63) is 59.1 Å². The van der Waals surface area contributed by atoms with Crippen LogP contribution in [0.4, 0.5) is 14.9 Å². The molecule has 1 aromatic carbocycles. The van der Waals surface area contributed by atoms with Crippen molar-refractivity contribution in [2.45, 2.75) is 64.7 Å². The Morgan fingerprint density at radius 1 is 1.16 bits per heavy atom. The Morgan fingerprint density at radius 2 is 1.84 bits per heavy atom. The highest BCUT2D eigenvalue weighted by molar-refractivity contribution is 5.79. The van der Waals surface area contributed by atoms with Crippen LogP contribution in [0.1, 0.15) is 51.2 Å². The zero-order valence-corrected chi connectivity index (χ0v) is 22.5. The molecule has 2 heterocycles. The number of likely N-dealkylation sites (tertiary alicyclic amines) is 1. The van der Waals surface area contributed by atoms with Crippen molar-refractivity contribution in [1.29, 1.82) is 0 Å². The summed E-state index contributed by atoms with van der Waals surface area (Å²) in [5, 5.41) is 0. The van der Waals surface area contributed by atoms with Gasteiger partial charge in [-0.2, -0.15) is 0 Å². The summed E-state index contributed by atoms with van der Waals surface area (Å²) in [6, 6.07) is 3.19. The number of allylic oxidation sites excluding steroid dienone is 3. The van der Waals surface area contributed by atoms with E-state index in [1.807, 2.05) is 33.8 Å². The Labute approximate surface area is 219 Å². The standard InChI is InChI=1S/C29H40FN3O4/c1-19-15-25(30)26(31)18-24(19)21-16-23(14-20(2)27(17-21)32-10-12-35-13-11-32)36-22-6-8-33(9-7-22)28(34)37-29(3,4)5/h15-18,22,27H,2,6-14,31H2,1,3-5H3. The maximum Gasteiger partial charge on any atom is 0.410 e. The molecule has 3 aliphatic rings. The molecule has 8 heteroatoms. The fourth-order valence-corrected chi connectivity index (χ4v) is 5.05. The lowest BCUT2D eigenvalue weighted by molar-refractivity contribution is 0.00364. The third-order valence-electron chi connectivity index (χ3n) is 6.98. The van der Waals surface area contributed by atoms with E-state index in [1.54, 1.807) is 11.0 Å². The van der Waals surface area contributed by atoms with E-state index >= 15 is 0 Å². The molecule has 4 rings (SSSR count). The average molecular weight is 514 g/mol. The summed E-state index contributed by atoms with van der Waals surface area (Å²) in [6.07, 6.45) is 5.98. The first-order chi connectivity index (χ1) is 17.5. The SMILES string of the molecule is C=C1CC(OC2CCN(C(=O)OC(C)(C)C)CC2)=CC(c2cc(N)c(F)cc2C)=CC1N1CCOCC1. The van der Waals surface area contributed by atoms with Crippen LogP contribution >= 0.6 is 0 Å². The lowest BCUT2D eigenvalue weighted by atomic mass is 9.96. The molecule has 1 atom stereocenters. The molecule has 0 spiro atoms. The summed E-state index contributed by atoms with van der Waals surface area (Å²) in [6.45, 7) is 16.1. The van der Waals surface area contributed by atoms with Gasteiger partial charge in [-0.1, -0.05) is 12.7 Å². The zero-order chi connectivity index (χ0) is 26.7. The summed E-state index contributed by atoms with van der Waals surface area (Å²) in [5.74, 6) is 0.409. The molecule has 1 aromatic rings. The van der Waals surface area contributed by atoms with Gasteiger partial charge in [-0.15, -0.1) is 0 Å². The minimum absolute atomic E-state index is 0.0101. The first-order valence-corrected chi connectivity index (χ1v) is 13.1. The van der Waals surface area contributed by atoms with E-state index in [0.29, 0.717) is 32.7 Å². The first-order valence-electron chi connectivity index (χ1n) is 13.1. The number of hydrogen-bond acceptors (Lipinski definition) is 6. The number of halogens is 1. The molecule has 2 saturated heterocycles. The van der Waals surface area contributed by atoms with Crippen LogP contribution in [-0.2, 0) is 14.2 Å². The maximum absolute atomic E-state index is 14.1. The highest BCUT2D eigenvalue weighted by Gasteiger charge is 2.30. The molecule has 202 valence electrons. The number of carbonyl (C=O) groups is 1. The Bertz CT molecular complexity index is 1080. The second kappa shape index (κ2) is 11.3. The van der Waals surface area contributed by atoms with Crippen LogP contribution in [0.15, 0.2) is 42.2 Å². The van der Waals surface area contributed by atoms with E-state index in [9.17, 15) is 9.18 Å². The molecule has 0 saturated carbocycles. The third-order valence-corrected chi connectivity index (χ3v) is 6.98. The molecule has 0 radical (unpaired) electrons. The first kappa shape index (κ1) is 27.2. The molecule has 37 heavy (non-hydrogen) atoms. The average Bonchev–Trinajstić information content (AvgIpc) is 2.99. The van der Waals surface area contributed by atoms with Crippen molar-refractivity contribution >= 4 is 17.4 Å². The summed E-state index contributed by atoms with van der Waals surface area (Å²) >= 11 is 0. The summed E-state index contributed by atoms with van der Waals surface area (Å²) < 4.78 is 31.8. The number of carbonyl (C=O) groups excluding carboxylic acids is 1. The monoisotopic (exact) mass is 513 g/mol. The third kappa shape index (κ3) is 6.93. The second-order valence-electron chi connectivity index (χ2n) is 11.1. The van der Waals surface area contributed by atoms with Gasteiger partial charge in [0.25, 0.3) is 0 Å². The molecule has 2 fully saturated rings. The predicted molar refractivity (Wildman–Crippen MR) is 143 cm³/mol. The van der Waals surface area contributed by atoms with Gasteiger partial charge in [0.1, 0.15) is 23.3 Å². The Hall–Kier alpha value is -2.84. The molecule has 1 aliphatic carbocycles. The van der Waals surface area contributed by atoms with Gasteiger partial charge in [0.15, 0.2) is 0 Å². The molecular formula is C29H40FN3O4. The highest BCUT2D eigenvalue weighted by Crippen LogP contribution is 2.34. The van der Waals surface area contributed by atoms with Gasteiger partial charge in [0.2, 0.25) is 0 Å². The van der Waals surface area contributed by atoms with Crippen LogP contribution < -0.4 is 5.73 Å². The number of piperidine rings is 1. The van der Waals surface area contributed by atoms with E-state index in [1.165, 1.54) is 6.07 Å². The number of rotatable bonds is 4. The van der Waals surface area contributed by atoms with E-state index in [0.717, 1.165) is 54.0 Å². The van der Waals surface area contributed by atoms with Crippen molar-refractivity contribution in [3.63, 3.8) is 0 Å². The number of ether oxygens (including phenoxy) is 3. The number of hydrogen-bond donors (Lipinski definition) is 1. The second-order valence-corrected chi connectivity index (χ2v) is 11.1. The van der Waals surface area contributed by atoms with Crippen LogP contribution in [0.3, 0.4) is 0 Å². The van der Waals surface area contributed by atoms with Crippen LogP contribution in [0.5, 0.6) is 0 Å². The number of benzene rings is 1. The predicted octanol–water partition coefficient (Wildman–Crippen LogP) is 5.06. The van der Waals surface area contributed by atoms with Gasteiger partial charge in [-0.05, 0) is 68.2 Å². The number of morpholine rings is 1. The van der Waals surface area contributed by atoms with Crippen LogP contribution in [0.2, 0.25) is 0 Å². The van der Waals surface area contributed by atoms with Gasteiger partial charge < -0.3 is 24.8 Å². The molecule has 0 aromatic heterocycles. The molecule has 7 nitrogen and oxygen atoms in total. The summed E-state index contributed by atoms with van der Waals surface area (Å²) in [4.78, 5) is 16.6. The smallest absolute Gasteiger partial charge is 0.410 e. The van der Waals surface area contributed by atoms with Crippen LogP contribution in [0, 0.1) is 12.7 Å². The number of nitrogens with two attached hydrogens (primary N) is 1. The van der Waals surface area contributed by atoms with Gasteiger partial charge in [0.05, 0.1) is 24.9 Å². The Morgan fingerprint density at radius 3 is 2.49 bits per heavy atom. The number of nitrogens with zero attached hydrogens (tertiary/aromatic N) is 2. The number of amides is 1. The van der Waals surface area contributed by atoms with Crippen molar-refractivity contribution in [1.82, 2.24) is 9.80 Å². The van der Waals surface area contributed by atoms with Crippen molar-refractivity contribution in [2.75, 3.05) is 45.1 Å². The lowest BCUT2D eigenvalue weighted by Gasteiger charge is -2.35. The summed E-state index contributed by atoms with van der Waals surface area (Å²) in [7, 11) is 0. The molecule has 1 amide bonds. The topological polar surface area (TPSA) is 77.3 Å². The van der Waals surface area contributed by atoms with Gasteiger partial charge >= 0.3 is 6.09 Å². The van der Waals surface area contributed by atoms with E-state index in [-0.39, 0.29) is 23.9 Å². The molecule has 0 bridgehead atoms. The fraction of sp³-hybridized carbons (Fsp3) is 0.552. The maximum atomic E-state index is 14.1. The Balaban J connectivity index is 1.53. The molecule has 2 aliphatic heterocycles. The van der Waals surface area contributed by atoms with E-state index < -0.39 is 11.4 Å². The molecular weight excluding hydrogens is 473 g/mol. The molecule has 2 N–H and O–H groups in total. The number of anilines is 1. The largest absolute Gasteiger partial charge is 0.494 e. The van der Waals surface area contributed by atoms with Crippen molar-refractivity contribution in [2.24, 2.45) is 0 Å².